The Hall–Kier alpha value is -1.96. The van der Waals surface area contributed by atoms with Crippen molar-refractivity contribution < 1.29 is 37.6 Å². The summed E-state index contributed by atoms with van der Waals surface area (Å²) in [7, 11) is 1.26. The third-order valence-corrected chi connectivity index (χ3v) is 6.04. The van der Waals surface area contributed by atoms with E-state index in [9.17, 15) is 14.3 Å². The van der Waals surface area contributed by atoms with Gasteiger partial charge in [0.25, 0.3) is 0 Å². The zero-order chi connectivity index (χ0) is 24.3. The maximum atomic E-state index is 12.2. The van der Waals surface area contributed by atoms with Crippen LogP contribution in [0.3, 0.4) is 0 Å². The quantitative estimate of drug-likeness (QED) is 0.200. The van der Waals surface area contributed by atoms with E-state index in [1.54, 1.807) is 0 Å². The molecule has 2 aromatic rings. The highest BCUT2D eigenvalue weighted by molar-refractivity contribution is 7.47. The van der Waals surface area contributed by atoms with E-state index in [1.807, 2.05) is 45.4 Å². The minimum Gasteiger partial charge on any atom is -0.494 e. The fraction of sp³-hybridized carbons (Fsp3) is 0.542. The largest absolute Gasteiger partial charge is 0.494 e. The first kappa shape index (κ1) is 27.3. The van der Waals surface area contributed by atoms with Crippen LogP contribution in [-0.2, 0) is 18.4 Å². The number of likely N-dealkylation sites (N-methyl/N-ethyl adjacent to an activating group) is 1. The molecule has 8 nitrogen and oxygen atoms in total. The number of nitrogens with zero attached hydrogens (tertiary/aromatic N) is 1. The van der Waals surface area contributed by atoms with Crippen LogP contribution in [0.5, 0.6) is 5.75 Å². The van der Waals surface area contributed by atoms with Crippen molar-refractivity contribution in [3.8, 4) is 5.75 Å². The van der Waals surface area contributed by atoms with E-state index >= 15 is 0 Å². The molecule has 2 N–H and O–H groups in total. The Morgan fingerprint density at radius 3 is 2.27 bits per heavy atom. The van der Waals surface area contributed by atoms with Gasteiger partial charge in [0.1, 0.15) is 18.4 Å². The molecule has 2 atom stereocenters. The van der Waals surface area contributed by atoms with Crippen molar-refractivity contribution in [2.75, 3.05) is 40.9 Å². The number of phosphoric acid groups is 1. The molecule has 0 amide bonds. The lowest BCUT2D eigenvalue weighted by atomic mass is 10.1. The number of hydrogen-bond donors (Lipinski definition) is 2. The maximum absolute atomic E-state index is 12.2. The van der Waals surface area contributed by atoms with Crippen LogP contribution >= 0.6 is 7.82 Å². The van der Waals surface area contributed by atoms with Gasteiger partial charge in [-0.05, 0) is 35.7 Å². The first-order valence-electron chi connectivity index (χ1n) is 11.3. The molecule has 2 aromatic carbocycles. The molecule has 2 rings (SSSR count). The van der Waals surface area contributed by atoms with Crippen molar-refractivity contribution in [3.63, 3.8) is 0 Å². The van der Waals surface area contributed by atoms with Gasteiger partial charge in [0, 0.05) is 0 Å². The molecule has 0 saturated carbocycles. The molecule has 0 saturated heterocycles. The van der Waals surface area contributed by atoms with E-state index in [0.29, 0.717) is 17.5 Å². The Labute approximate surface area is 196 Å². The van der Waals surface area contributed by atoms with Gasteiger partial charge in [-0.2, -0.15) is 0 Å². The molecule has 184 valence electrons. The molecule has 9 heteroatoms. The van der Waals surface area contributed by atoms with Crippen molar-refractivity contribution >= 4 is 24.6 Å². The minimum atomic E-state index is -4.30. The summed E-state index contributed by atoms with van der Waals surface area (Å²) >= 11 is 0. The van der Waals surface area contributed by atoms with Crippen LogP contribution in [0.15, 0.2) is 42.5 Å². The average Bonchev–Trinajstić information content (AvgIpc) is 2.70. The third-order valence-electron chi connectivity index (χ3n) is 4.97. The molecule has 0 fully saturated rings. The molecule has 0 aliphatic carbocycles. The Balaban J connectivity index is 1.58. The predicted octanol–water partition coefficient (Wildman–Crippen LogP) is 4.85. The Morgan fingerprint density at radius 1 is 0.970 bits per heavy atom. The Kier molecular flexibility index (Phi) is 10.8. The number of quaternary nitrogens is 1. The lowest BCUT2D eigenvalue weighted by molar-refractivity contribution is -0.873. The van der Waals surface area contributed by atoms with E-state index in [2.05, 4.69) is 18.2 Å². The second-order valence-electron chi connectivity index (χ2n) is 9.23. The van der Waals surface area contributed by atoms with E-state index in [4.69, 9.17) is 18.9 Å². The van der Waals surface area contributed by atoms with Crippen molar-refractivity contribution in [2.45, 2.75) is 44.6 Å². The average molecular weight is 483 g/mol. The summed E-state index contributed by atoms with van der Waals surface area (Å²) < 4.78 is 28.6. The molecule has 0 aromatic heterocycles. The van der Waals surface area contributed by atoms with Gasteiger partial charge in [0.05, 0.1) is 40.8 Å². The van der Waals surface area contributed by atoms with E-state index in [0.717, 1.165) is 36.8 Å². The standard InChI is InChI=1S/C24H36NO7P/c1-25(2,3)19-23(18-24(26)27)32-33(28,29)31-16-10-6-4-5-9-15-30-22-14-13-20-11-7-8-12-21(20)17-22/h7-8,11-14,17,23H,4-6,9-10,15-16,18-19H2,1-3H3,(H-,26,27,28,29)/p+1/t23-/m1/s1. The van der Waals surface area contributed by atoms with Gasteiger partial charge in [-0.3, -0.25) is 13.8 Å². The smallest absolute Gasteiger partial charge is 0.472 e. The van der Waals surface area contributed by atoms with Gasteiger partial charge in [-0.25, -0.2) is 4.57 Å². The van der Waals surface area contributed by atoms with E-state index in [1.165, 1.54) is 5.39 Å². The molecule has 1 unspecified atom stereocenters. The van der Waals surface area contributed by atoms with Crippen molar-refractivity contribution in [3.05, 3.63) is 42.5 Å². The minimum absolute atomic E-state index is 0.0888. The normalized spacial score (nSPS) is 14.7. The zero-order valence-electron chi connectivity index (χ0n) is 19.8. The van der Waals surface area contributed by atoms with Crippen molar-refractivity contribution in [1.82, 2.24) is 0 Å². The number of carboxylic acids is 1. The summed E-state index contributed by atoms with van der Waals surface area (Å²) in [6.45, 7) is 1.01. The fourth-order valence-electron chi connectivity index (χ4n) is 3.52. The Morgan fingerprint density at radius 2 is 1.61 bits per heavy atom. The van der Waals surface area contributed by atoms with E-state index < -0.39 is 19.9 Å². The van der Waals surface area contributed by atoms with Gasteiger partial charge in [-0.1, -0.05) is 49.6 Å². The summed E-state index contributed by atoms with van der Waals surface area (Å²) in [6.07, 6.45) is 3.10. The highest BCUT2D eigenvalue weighted by Crippen LogP contribution is 2.45. The van der Waals surface area contributed by atoms with Crippen LogP contribution in [0.25, 0.3) is 10.8 Å². The lowest BCUT2D eigenvalue weighted by Gasteiger charge is -2.29. The third kappa shape index (κ3) is 11.6. The zero-order valence-corrected chi connectivity index (χ0v) is 20.7. The van der Waals surface area contributed by atoms with Gasteiger partial charge in [0.2, 0.25) is 0 Å². The highest BCUT2D eigenvalue weighted by Gasteiger charge is 2.31. The molecule has 0 aliphatic heterocycles. The van der Waals surface area contributed by atoms with Gasteiger partial charge in [0.15, 0.2) is 0 Å². The first-order chi connectivity index (χ1) is 15.5. The van der Waals surface area contributed by atoms with Crippen LogP contribution in [0.2, 0.25) is 0 Å². The highest BCUT2D eigenvalue weighted by atomic mass is 31.2. The fourth-order valence-corrected chi connectivity index (χ4v) is 4.46. The van der Waals surface area contributed by atoms with Gasteiger partial charge in [-0.15, -0.1) is 0 Å². The summed E-state index contributed by atoms with van der Waals surface area (Å²) in [5.41, 5.74) is 0. The molecule has 0 aliphatic rings. The number of rotatable bonds is 16. The number of fused-ring (bicyclic) bond motifs is 1. The number of hydrogen-bond acceptors (Lipinski definition) is 5. The second kappa shape index (κ2) is 13.1. The molecular formula is C24H37NO7P+. The molecule has 0 spiro atoms. The summed E-state index contributed by atoms with van der Waals surface area (Å²) in [6, 6.07) is 14.3. The first-order valence-corrected chi connectivity index (χ1v) is 12.8. The second-order valence-corrected chi connectivity index (χ2v) is 10.6. The molecule has 0 radical (unpaired) electrons. The van der Waals surface area contributed by atoms with Gasteiger partial charge >= 0.3 is 13.8 Å². The predicted molar refractivity (Wildman–Crippen MR) is 128 cm³/mol. The lowest BCUT2D eigenvalue weighted by Crippen LogP contribution is -2.42. The van der Waals surface area contributed by atoms with Crippen molar-refractivity contribution in [2.24, 2.45) is 0 Å². The number of phosphoric ester groups is 1. The number of ether oxygens (including phenoxy) is 1. The molecule has 33 heavy (non-hydrogen) atoms. The SMILES string of the molecule is C[N+](C)(C)C[C@@H](CC(=O)O)OP(=O)(O)OCCCCCCCOc1ccc2ccccc2c1. The number of carbonyl (C=O) groups is 1. The van der Waals surface area contributed by atoms with Crippen LogP contribution in [0.4, 0.5) is 0 Å². The van der Waals surface area contributed by atoms with E-state index in [-0.39, 0.29) is 19.6 Å². The molecule has 0 heterocycles. The van der Waals surface area contributed by atoms with Crippen LogP contribution in [-0.4, -0.2) is 67.5 Å². The van der Waals surface area contributed by atoms with Crippen LogP contribution < -0.4 is 4.74 Å². The Bertz CT molecular complexity index is 928. The topological polar surface area (TPSA) is 102 Å². The monoisotopic (exact) mass is 482 g/mol. The summed E-state index contributed by atoms with van der Waals surface area (Å²) in [5.74, 6) is -0.217. The number of unbranched alkanes of at least 4 members (excludes halogenated alkanes) is 4. The van der Waals surface area contributed by atoms with Crippen molar-refractivity contribution in [1.29, 1.82) is 0 Å². The van der Waals surface area contributed by atoms with Gasteiger partial charge < -0.3 is 19.2 Å². The van der Waals surface area contributed by atoms with Crippen LogP contribution in [0.1, 0.15) is 38.5 Å². The molecular weight excluding hydrogens is 445 g/mol. The summed E-state index contributed by atoms with van der Waals surface area (Å²) in [5, 5.41) is 11.4. The maximum Gasteiger partial charge on any atom is 0.472 e. The van der Waals surface area contributed by atoms with Crippen LogP contribution in [0, 0.1) is 0 Å². The number of benzene rings is 2. The number of aliphatic carboxylic acids is 1. The summed E-state index contributed by atoms with van der Waals surface area (Å²) in [4.78, 5) is 20.9. The number of carboxylic acid groups (broad SMARTS) is 1. The molecule has 0 bridgehead atoms.